The van der Waals surface area contributed by atoms with Gasteiger partial charge in [0.1, 0.15) is 6.61 Å². The normalized spacial score (nSPS) is 10.2. The number of primary amides is 1. The molecular formula is C16H16N2O5. The van der Waals surface area contributed by atoms with Gasteiger partial charge in [0.25, 0.3) is 11.6 Å². The van der Waals surface area contributed by atoms with Gasteiger partial charge in [-0.2, -0.15) is 0 Å². The quantitative estimate of drug-likeness (QED) is 0.651. The van der Waals surface area contributed by atoms with E-state index in [2.05, 4.69) is 0 Å². The standard InChI is InChI=1S/C16H16N2O5/c1-10-11(5-3-7-13(10)18(20)21)9-23-15-12(16(17)19)6-4-8-14(15)22-2/h3-8H,9H2,1-2H3,(H2,17,19). The fraction of sp³-hybridized carbons (Fsp3) is 0.188. The van der Waals surface area contributed by atoms with E-state index >= 15 is 0 Å². The van der Waals surface area contributed by atoms with Gasteiger partial charge in [0, 0.05) is 11.6 Å². The molecule has 1 amide bonds. The van der Waals surface area contributed by atoms with Crippen molar-refractivity contribution in [2.45, 2.75) is 13.5 Å². The second-order valence-electron chi connectivity index (χ2n) is 4.81. The first kappa shape index (κ1) is 16.3. The summed E-state index contributed by atoms with van der Waals surface area (Å²) in [6, 6.07) is 9.53. The van der Waals surface area contributed by atoms with Gasteiger partial charge in [0.2, 0.25) is 0 Å². The smallest absolute Gasteiger partial charge is 0.272 e. The zero-order chi connectivity index (χ0) is 17.0. The minimum Gasteiger partial charge on any atom is -0.493 e. The molecular weight excluding hydrogens is 300 g/mol. The Labute approximate surface area is 132 Å². The summed E-state index contributed by atoms with van der Waals surface area (Å²) in [4.78, 5) is 22.0. The van der Waals surface area contributed by atoms with Crippen molar-refractivity contribution < 1.29 is 19.2 Å². The van der Waals surface area contributed by atoms with E-state index in [0.29, 0.717) is 16.9 Å². The molecule has 2 rings (SSSR count). The first-order valence-corrected chi connectivity index (χ1v) is 6.78. The molecule has 0 fully saturated rings. The third kappa shape index (κ3) is 3.39. The van der Waals surface area contributed by atoms with Gasteiger partial charge in [-0.25, -0.2) is 0 Å². The lowest BCUT2D eigenvalue weighted by molar-refractivity contribution is -0.385. The Bertz CT molecular complexity index is 758. The lowest BCUT2D eigenvalue weighted by Crippen LogP contribution is -2.14. The van der Waals surface area contributed by atoms with Crippen LogP contribution in [0.3, 0.4) is 0 Å². The first-order chi connectivity index (χ1) is 11.0. The lowest BCUT2D eigenvalue weighted by Gasteiger charge is -2.14. The van der Waals surface area contributed by atoms with Crippen LogP contribution in [0.15, 0.2) is 36.4 Å². The van der Waals surface area contributed by atoms with Gasteiger partial charge in [-0.15, -0.1) is 0 Å². The largest absolute Gasteiger partial charge is 0.493 e. The van der Waals surface area contributed by atoms with Crippen LogP contribution < -0.4 is 15.2 Å². The highest BCUT2D eigenvalue weighted by atomic mass is 16.6. The van der Waals surface area contributed by atoms with E-state index in [1.54, 1.807) is 31.2 Å². The number of nitrogens with zero attached hydrogens (tertiary/aromatic N) is 1. The molecule has 0 saturated heterocycles. The fourth-order valence-electron chi connectivity index (χ4n) is 2.19. The summed E-state index contributed by atoms with van der Waals surface area (Å²) >= 11 is 0. The minimum absolute atomic E-state index is 0.0150. The molecule has 0 heterocycles. The predicted molar refractivity (Wildman–Crippen MR) is 83.7 cm³/mol. The second-order valence-corrected chi connectivity index (χ2v) is 4.81. The van der Waals surface area contributed by atoms with Crippen molar-refractivity contribution in [3.05, 3.63) is 63.2 Å². The molecule has 2 aromatic carbocycles. The number of benzene rings is 2. The van der Waals surface area contributed by atoms with Crippen molar-refractivity contribution >= 4 is 11.6 Å². The van der Waals surface area contributed by atoms with Crippen molar-refractivity contribution in [1.82, 2.24) is 0 Å². The molecule has 0 radical (unpaired) electrons. The number of methoxy groups -OCH3 is 1. The Morgan fingerprint density at radius 3 is 2.57 bits per heavy atom. The highest BCUT2D eigenvalue weighted by molar-refractivity contribution is 5.96. The monoisotopic (exact) mass is 316 g/mol. The summed E-state index contributed by atoms with van der Waals surface area (Å²) in [6.45, 7) is 1.70. The van der Waals surface area contributed by atoms with Crippen LogP contribution in [-0.2, 0) is 6.61 Å². The predicted octanol–water partition coefficient (Wildman–Crippen LogP) is 2.59. The third-order valence-electron chi connectivity index (χ3n) is 3.45. The van der Waals surface area contributed by atoms with Crippen LogP contribution in [0.2, 0.25) is 0 Å². The fourth-order valence-corrected chi connectivity index (χ4v) is 2.19. The number of nitro benzene ring substituents is 1. The maximum absolute atomic E-state index is 11.5. The molecule has 0 unspecified atom stereocenters. The molecule has 2 N–H and O–H groups in total. The molecule has 0 aliphatic heterocycles. The van der Waals surface area contributed by atoms with Crippen molar-refractivity contribution in [1.29, 1.82) is 0 Å². The van der Waals surface area contributed by atoms with Crippen LogP contribution in [0.25, 0.3) is 0 Å². The Balaban J connectivity index is 2.33. The number of amides is 1. The summed E-state index contributed by atoms with van der Waals surface area (Å²) < 4.78 is 10.8. The Morgan fingerprint density at radius 1 is 1.26 bits per heavy atom. The lowest BCUT2D eigenvalue weighted by atomic mass is 10.1. The second kappa shape index (κ2) is 6.78. The molecule has 0 aromatic heterocycles. The van der Waals surface area contributed by atoms with Crippen molar-refractivity contribution in [2.75, 3.05) is 7.11 Å². The molecule has 0 aliphatic rings. The molecule has 7 heteroatoms. The number of para-hydroxylation sites is 1. The highest BCUT2D eigenvalue weighted by Gasteiger charge is 2.17. The molecule has 0 atom stereocenters. The summed E-state index contributed by atoms with van der Waals surface area (Å²) in [5, 5.41) is 11.0. The van der Waals surface area contributed by atoms with Gasteiger partial charge >= 0.3 is 0 Å². The van der Waals surface area contributed by atoms with Gasteiger partial charge in [0.15, 0.2) is 11.5 Å². The van der Waals surface area contributed by atoms with Gasteiger partial charge in [-0.3, -0.25) is 14.9 Å². The summed E-state index contributed by atoms with van der Waals surface area (Å²) in [5.74, 6) is -0.0625. The number of carbonyl (C=O) groups excluding carboxylic acids is 1. The zero-order valence-electron chi connectivity index (χ0n) is 12.7. The number of carbonyl (C=O) groups is 1. The Morgan fingerprint density at radius 2 is 1.96 bits per heavy atom. The van der Waals surface area contributed by atoms with E-state index in [9.17, 15) is 14.9 Å². The van der Waals surface area contributed by atoms with E-state index in [0.717, 1.165) is 0 Å². The summed E-state index contributed by atoms with van der Waals surface area (Å²) in [7, 11) is 1.45. The number of nitrogens with two attached hydrogens (primary N) is 1. The van der Waals surface area contributed by atoms with Crippen molar-refractivity contribution in [2.24, 2.45) is 5.73 Å². The van der Waals surface area contributed by atoms with Crippen LogP contribution in [0.1, 0.15) is 21.5 Å². The van der Waals surface area contributed by atoms with Crippen LogP contribution in [0.4, 0.5) is 5.69 Å². The van der Waals surface area contributed by atoms with Gasteiger partial charge in [0.05, 0.1) is 17.6 Å². The van der Waals surface area contributed by atoms with E-state index in [1.807, 2.05) is 0 Å². The molecule has 0 saturated carbocycles. The summed E-state index contributed by atoms with van der Waals surface area (Å²) in [5.41, 5.74) is 6.69. The molecule has 23 heavy (non-hydrogen) atoms. The minimum atomic E-state index is -0.644. The number of hydrogen-bond donors (Lipinski definition) is 1. The number of ether oxygens (including phenoxy) is 2. The van der Waals surface area contributed by atoms with Crippen LogP contribution >= 0.6 is 0 Å². The first-order valence-electron chi connectivity index (χ1n) is 6.78. The van der Waals surface area contributed by atoms with Crippen molar-refractivity contribution in [3.8, 4) is 11.5 Å². The SMILES string of the molecule is COc1cccc(C(N)=O)c1OCc1cccc([N+](=O)[O-])c1C. The Kier molecular flexibility index (Phi) is 4.80. The topological polar surface area (TPSA) is 105 Å². The van der Waals surface area contributed by atoms with Crippen LogP contribution in [-0.4, -0.2) is 17.9 Å². The van der Waals surface area contributed by atoms with Gasteiger partial charge < -0.3 is 15.2 Å². The third-order valence-corrected chi connectivity index (χ3v) is 3.45. The number of nitro groups is 1. The molecule has 0 bridgehead atoms. The molecule has 7 nitrogen and oxygen atoms in total. The van der Waals surface area contributed by atoms with E-state index in [1.165, 1.54) is 19.2 Å². The van der Waals surface area contributed by atoms with Gasteiger partial charge in [-0.05, 0) is 24.6 Å². The maximum atomic E-state index is 11.5. The van der Waals surface area contributed by atoms with E-state index in [4.69, 9.17) is 15.2 Å². The van der Waals surface area contributed by atoms with Gasteiger partial charge in [-0.1, -0.05) is 18.2 Å². The van der Waals surface area contributed by atoms with E-state index in [-0.39, 0.29) is 23.6 Å². The molecule has 0 aliphatic carbocycles. The molecule has 2 aromatic rings. The maximum Gasteiger partial charge on any atom is 0.272 e. The van der Waals surface area contributed by atoms with Crippen LogP contribution in [0, 0.1) is 17.0 Å². The average molecular weight is 316 g/mol. The number of rotatable bonds is 6. The molecule has 0 spiro atoms. The number of hydrogen-bond acceptors (Lipinski definition) is 5. The van der Waals surface area contributed by atoms with Crippen molar-refractivity contribution in [3.63, 3.8) is 0 Å². The summed E-state index contributed by atoms with van der Waals surface area (Å²) in [6.07, 6.45) is 0. The zero-order valence-corrected chi connectivity index (χ0v) is 12.7. The Hall–Kier alpha value is -3.09. The molecule has 120 valence electrons. The average Bonchev–Trinajstić information content (AvgIpc) is 2.53. The highest BCUT2D eigenvalue weighted by Crippen LogP contribution is 2.32. The van der Waals surface area contributed by atoms with E-state index < -0.39 is 10.8 Å². The van der Waals surface area contributed by atoms with Crippen LogP contribution in [0.5, 0.6) is 11.5 Å².